The maximum Gasteiger partial charge on any atom is 0.317 e. The standard InChI is InChI=1S/C21H23NO5S/c1-13-4-7-19(14(2)10-13)28-12-20(23)27-15(3)21(24)22-16-5-6-17-18(11-16)26-9-8-25-17/h4-7,10-11,15H,8-9,12H2,1-3H3,(H,22,24)/t15-/m1/s1. The third-order valence-corrected chi connectivity index (χ3v) is 5.31. The lowest BCUT2D eigenvalue weighted by Gasteiger charge is -2.19. The second kappa shape index (κ2) is 9.01. The van der Waals surface area contributed by atoms with E-state index in [9.17, 15) is 9.59 Å². The monoisotopic (exact) mass is 401 g/mol. The first-order valence-corrected chi connectivity index (χ1v) is 10.0. The molecule has 1 N–H and O–H groups in total. The molecule has 0 saturated heterocycles. The number of nitrogens with one attached hydrogen (secondary N) is 1. The van der Waals surface area contributed by atoms with Gasteiger partial charge < -0.3 is 19.5 Å². The van der Waals surface area contributed by atoms with Gasteiger partial charge in [0.2, 0.25) is 0 Å². The maximum atomic E-state index is 12.3. The number of carbonyl (C=O) groups excluding carboxylic acids is 2. The Kier molecular flexibility index (Phi) is 6.46. The molecule has 1 amide bonds. The van der Waals surface area contributed by atoms with Gasteiger partial charge in [0, 0.05) is 16.6 Å². The molecule has 1 aliphatic rings. The molecule has 1 aliphatic heterocycles. The van der Waals surface area contributed by atoms with Gasteiger partial charge in [-0.15, -0.1) is 11.8 Å². The Morgan fingerprint density at radius 3 is 2.61 bits per heavy atom. The van der Waals surface area contributed by atoms with E-state index in [2.05, 4.69) is 11.4 Å². The smallest absolute Gasteiger partial charge is 0.317 e. The van der Waals surface area contributed by atoms with Crippen molar-refractivity contribution in [3.63, 3.8) is 0 Å². The Bertz CT molecular complexity index is 883. The van der Waals surface area contributed by atoms with Crippen LogP contribution < -0.4 is 14.8 Å². The highest BCUT2D eigenvalue weighted by Crippen LogP contribution is 2.32. The summed E-state index contributed by atoms with van der Waals surface area (Å²) >= 11 is 1.40. The number of anilines is 1. The van der Waals surface area contributed by atoms with Crippen LogP contribution in [0.25, 0.3) is 0 Å². The minimum atomic E-state index is -0.902. The van der Waals surface area contributed by atoms with Gasteiger partial charge in [-0.1, -0.05) is 17.7 Å². The van der Waals surface area contributed by atoms with Gasteiger partial charge in [-0.3, -0.25) is 9.59 Å². The van der Waals surface area contributed by atoms with E-state index in [4.69, 9.17) is 14.2 Å². The fraction of sp³-hybridized carbons (Fsp3) is 0.333. The van der Waals surface area contributed by atoms with Crippen molar-refractivity contribution in [2.75, 3.05) is 24.3 Å². The molecule has 0 saturated carbocycles. The van der Waals surface area contributed by atoms with Crippen LogP contribution in [-0.2, 0) is 14.3 Å². The molecule has 0 aromatic heterocycles. The highest BCUT2D eigenvalue weighted by molar-refractivity contribution is 8.00. The molecule has 0 unspecified atom stereocenters. The number of hydrogen-bond donors (Lipinski definition) is 1. The quantitative estimate of drug-likeness (QED) is 0.587. The molecular weight excluding hydrogens is 378 g/mol. The minimum Gasteiger partial charge on any atom is -0.486 e. The fourth-order valence-electron chi connectivity index (χ4n) is 2.75. The molecule has 148 valence electrons. The lowest BCUT2D eigenvalue weighted by Crippen LogP contribution is -2.30. The van der Waals surface area contributed by atoms with Crippen molar-refractivity contribution in [3.05, 3.63) is 47.5 Å². The van der Waals surface area contributed by atoms with Crippen molar-refractivity contribution in [2.45, 2.75) is 31.8 Å². The highest BCUT2D eigenvalue weighted by atomic mass is 32.2. The van der Waals surface area contributed by atoms with Crippen molar-refractivity contribution in [2.24, 2.45) is 0 Å². The van der Waals surface area contributed by atoms with Crippen LogP contribution in [0.5, 0.6) is 11.5 Å². The third kappa shape index (κ3) is 5.19. The van der Waals surface area contributed by atoms with Crippen LogP contribution in [0.4, 0.5) is 5.69 Å². The van der Waals surface area contributed by atoms with E-state index >= 15 is 0 Å². The molecule has 1 heterocycles. The minimum absolute atomic E-state index is 0.144. The second-order valence-electron chi connectivity index (χ2n) is 6.54. The van der Waals surface area contributed by atoms with Crippen LogP contribution >= 0.6 is 11.8 Å². The van der Waals surface area contributed by atoms with E-state index in [0.29, 0.717) is 30.4 Å². The zero-order valence-corrected chi connectivity index (χ0v) is 16.9. The van der Waals surface area contributed by atoms with E-state index in [1.165, 1.54) is 17.3 Å². The number of amides is 1. The number of aryl methyl sites for hydroxylation is 2. The zero-order valence-electron chi connectivity index (χ0n) is 16.1. The van der Waals surface area contributed by atoms with Crippen molar-refractivity contribution in [1.29, 1.82) is 0 Å². The first-order chi connectivity index (χ1) is 13.4. The van der Waals surface area contributed by atoms with E-state index in [-0.39, 0.29) is 5.75 Å². The third-order valence-electron chi connectivity index (χ3n) is 4.16. The van der Waals surface area contributed by atoms with Crippen LogP contribution in [-0.4, -0.2) is 36.9 Å². The predicted molar refractivity (Wildman–Crippen MR) is 108 cm³/mol. The molecule has 3 rings (SSSR count). The van der Waals surface area contributed by atoms with Crippen molar-refractivity contribution < 1.29 is 23.8 Å². The van der Waals surface area contributed by atoms with Gasteiger partial charge in [0.1, 0.15) is 13.2 Å². The summed E-state index contributed by atoms with van der Waals surface area (Å²) in [6, 6.07) is 11.2. The summed E-state index contributed by atoms with van der Waals surface area (Å²) < 4.78 is 16.2. The normalized spacial score (nSPS) is 13.5. The molecular formula is C21H23NO5S. The highest BCUT2D eigenvalue weighted by Gasteiger charge is 2.19. The van der Waals surface area contributed by atoms with Crippen molar-refractivity contribution >= 4 is 29.3 Å². The second-order valence-corrected chi connectivity index (χ2v) is 7.55. The summed E-state index contributed by atoms with van der Waals surface area (Å²) in [7, 11) is 0. The molecule has 2 aromatic rings. The number of ether oxygens (including phenoxy) is 3. The number of hydrogen-bond acceptors (Lipinski definition) is 6. The van der Waals surface area contributed by atoms with E-state index in [1.807, 2.05) is 26.0 Å². The average molecular weight is 401 g/mol. The topological polar surface area (TPSA) is 73.9 Å². The van der Waals surface area contributed by atoms with Crippen LogP contribution in [0, 0.1) is 13.8 Å². The Morgan fingerprint density at radius 1 is 1.11 bits per heavy atom. The van der Waals surface area contributed by atoms with Gasteiger partial charge in [0.05, 0.1) is 5.75 Å². The van der Waals surface area contributed by atoms with Gasteiger partial charge in [0.25, 0.3) is 5.91 Å². The molecule has 0 fully saturated rings. The van der Waals surface area contributed by atoms with Crippen LogP contribution in [0.15, 0.2) is 41.3 Å². The molecule has 0 aliphatic carbocycles. The Morgan fingerprint density at radius 2 is 1.86 bits per heavy atom. The molecule has 2 aromatic carbocycles. The molecule has 7 heteroatoms. The summed E-state index contributed by atoms with van der Waals surface area (Å²) in [5, 5.41) is 2.73. The number of carbonyl (C=O) groups is 2. The summed E-state index contributed by atoms with van der Waals surface area (Å²) in [6.45, 7) is 6.55. The first-order valence-electron chi connectivity index (χ1n) is 9.02. The Hall–Kier alpha value is -2.67. The maximum absolute atomic E-state index is 12.3. The number of fused-ring (bicyclic) bond motifs is 1. The SMILES string of the molecule is Cc1ccc(SCC(=O)O[C@H](C)C(=O)Nc2ccc3c(c2)OCCO3)c(C)c1. The van der Waals surface area contributed by atoms with Crippen molar-refractivity contribution in [1.82, 2.24) is 0 Å². The number of benzene rings is 2. The predicted octanol–water partition coefficient (Wildman–Crippen LogP) is 3.74. The lowest BCUT2D eigenvalue weighted by atomic mass is 10.2. The van der Waals surface area contributed by atoms with E-state index in [0.717, 1.165) is 10.5 Å². The van der Waals surface area contributed by atoms with Crippen LogP contribution in [0.2, 0.25) is 0 Å². The van der Waals surface area contributed by atoms with Gasteiger partial charge in [0.15, 0.2) is 17.6 Å². The average Bonchev–Trinajstić information content (AvgIpc) is 2.67. The van der Waals surface area contributed by atoms with Crippen molar-refractivity contribution in [3.8, 4) is 11.5 Å². The summed E-state index contributed by atoms with van der Waals surface area (Å²) in [5.74, 6) is 0.535. The first kappa shape index (κ1) is 20.1. The largest absolute Gasteiger partial charge is 0.486 e. The number of rotatable bonds is 6. The summed E-state index contributed by atoms with van der Waals surface area (Å²) in [6.07, 6.45) is -0.902. The van der Waals surface area contributed by atoms with Gasteiger partial charge >= 0.3 is 5.97 Å². The molecule has 1 atom stereocenters. The number of thioether (sulfide) groups is 1. The Labute approximate surface area is 168 Å². The molecule has 28 heavy (non-hydrogen) atoms. The molecule has 0 radical (unpaired) electrons. The summed E-state index contributed by atoms with van der Waals surface area (Å²) in [4.78, 5) is 25.4. The summed E-state index contributed by atoms with van der Waals surface area (Å²) in [5.41, 5.74) is 2.85. The van der Waals surface area contributed by atoms with E-state index in [1.54, 1.807) is 25.1 Å². The van der Waals surface area contributed by atoms with Gasteiger partial charge in [-0.05, 0) is 44.5 Å². The molecule has 0 spiro atoms. The zero-order chi connectivity index (χ0) is 20.1. The van der Waals surface area contributed by atoms with Gasteiger partial charge in [-0.25, -0.2) is 0 Å². The van der Waals surface area contributed by atoms with Gasteiger partial charge in [-0.2, -0.15) is 0 Å². The lowest BCUT2D eigenvalue weighted by molar-refractivity contribution is -0.150. The van der Waals surface area contributed by atoms with E-state index < -0.39 is 18.0 Å². The number of esters is 1. The molecule has 0 bridgehead atoms. The van der Waals surface area contributed by atoms with Crippen LogP contribution in [0.3, 0.4) is 0 Å². The fourth-order valence-corrected chi connectivity index (χ4v) is 3.54. The molecule has 6 nitrogen and oxygen atoms in total. The Balaban J connectivity index is 1.50. The van der Waals surface area contributed by atoms with Crippen LogP contribution in [0.1, 0.15) is 18.1 Å².